The smallest absolute Gasteiger partial charge is 0.345 e. The molecular formula is C15H9Cl2NO2S3. The Kier molecular flexibility index (Phi) is 4.98. The van der Waals surface area contributed by atoms with E-state index in [1.165, 1.54) is 34.4 Å². The summed E-state index contributed by atoms with van der Waals surface area (Å²) in [5, 5.41) is 12.9. The molecule has 0 bridgehead atoms. The van der Waals surface area contributed by atoms with Crippen LogP contribution in [0, 0.1) is 0 Å². The van der Waals surface area contributed by atoms with Gasteiger partial charge in [0.15, 0.2) is 0 Å². The van der Waals surface area contributed by atoms with E-state index in [-0.39, 0.29) is 0 Å². The van der Waals surface area contributed by atoms with Crippen molar-refractivity contribution in [2.75, 3.05) is 6.26 Å². The first-order valence-corrected chi connectivity index (χ1v) is 9.99. The molecule has 8 heteroatoms. The van der Waals surface area contributed by atoms with Crippen LogP contribution >= 0.6 is 57.6 Å². The van der Waals surface area contributed by atoms with Crippen molar-refractivity contribution in [3.8, 4) is 21.8 Å². The zero-order valence-electron chi connectivity index (χ0n) is 11.7. The molecular weight excluding hydrogens is 393 g/mol. The highest BCUT2D eigenvalue weighted by Gasteiger charge is 2.17. The minimum absolute atomic E-state index is 0.315. The fourth-order valence-corrected chi connectivity index (χ4v) is 4.95. The number of carboxylic acids is 1. The summed E-state index contributed by atoms with van der Waals surface area (Å²) >= 11 is 16.2. The number of thiophene rings is 1. The maximum Gasteiger partial charge on any atom is 0.345 e. The van der Waals surface area contributed by atoms with Gasteiger partial charge in [-0.2, -0.15) is 0 Å². The van der Waals surface area contributed by atoms with E-state index in [1.54, 1.807) is 18.2 Å². The maximum absolute atomic E-state index is 11.2. The molecule has 23 heavy (non-hydrogen) atoms. The summed E-state index contributed by atoms with van der Waals surface area (Å²) in [6.45, 7) is 0. The van der Waals surface area contributed by atoms with Crippen LogP contribution in [-0.4, -0.2) is 22.3 Å². The number of benzene rings is 1. The standard InChI is InChI=1S/C15H9Cl2NO2S3/c1-21-15-8(5-12(23-15)14(19)20)13-18-11(6-22-13)7-2-3-9(16)10(17)4-7/h2-6H,1H3,(H,19,20). The molecule has 0 fully saturated rings. The molecule has 0 saturated carbocycles. The predicted molar refractivity (Wildman–Crippen MR) is 99.6 cm³/mol. The first-order valence-electron chi connectivity index (χ1n) is 6.32. The molecule has 1 N–H and O–H groups in total. The van der Waals surface area contributed by atoms with Crippen molar-refractivity contribution >= 4 is 63.6 Å². The molecule has 0 atom stereocenters. The zero-order valence-corrected chi connectivity index (χ0v) is 15.6. The van der Waals surface area contributed by atoms with Gasteiger partial charge in [-0.1, -0.05) is 29.3 Å². The second-order valence-corrected chi connectivity index (χ2v) is 8.29. The molecule has 0 spiro atoms. The third-order valence-electron chi connectivity index (χ3n) is 3.04. The molecule has 0 aliphatic heterocycles. The summed E-state index contributed by atoms with van der Waals surface area (Å²) in [6, 6.07) is 7.04. The Morgan fingerprint density at radius 1 is 1.26 bits per heavy atom. The van der Waals surface area contributed by atoms with E-state index in [0.29, 0.717) is 14.9 Å². The quantitative estimate of drug-likeness (QED) is 0.523. The van der Waals surface area contributed by atoms with Gasteiger partial charge in [-0.25, -0.2) is 9.78 Å². The maximum atomic E-state index is 11.2. The van der Waals surface area contributed by atoms with E-state index in [9.17, 15) is 4.79 Å². The molecule has 0 radical (unpaired) electrons. The first-order chi connectivity index (χ1) is 11.0. The Bertz CT molecular complexity index is 889. The topological polar surface area (TPSA) is 50.2 Å². The highest BCUT2D eigenvalue weighted by atomic mass is 35.5. The number of aromatic nitrogens is 1. The number of rotatable bonds is 4. The Labute approximate surface area is 154 Å². The number of nitrogens with zero attached hydrogens (tertiary/aromatic N) is 1. The average molecular weight is 402 g/mol. The SMILES string of the molecule is CSc1sc(C(=O)O)cc1-c1nc(-c2ccc(Cl)c(Cl)c2)cs1. The summed E-state index contributed by atoms with van der Waals surface area (Å²) in [6.07, 6.45) is 1.93. The van der Waals surface area contributed by atoms with E-state index in [1.807, 2.05) is 17.7 Å². The van der Waals surface area contributed by atoms with E-state index in [0.717, 1.165) is 26.0 Å². The summed E-state index contributed by atoms with van der Waals surface area (Å²) in [5.74, 6) is -0.919. The van der Waals surface area contributed by atoms with Gasteiger partial charge in [0.05, 0.1) is 19.9 Å². The van der Waals surface area contributed by atoms with Crippen LogP contribution < -0.4 is 0 Å². The van der Waals surface area contributed by atoms with Gasteiger partial charge in [0, 0.05) is 16.5 Å². The molecule has 3 aromatic rings. The number of halogens is 2. The Morgan fingerprint density at radius 2 is 2.04 bits per heavy atom. The van der Waals surface area contributed by atoms with Gasteiger partial charge in [0.1, 0.15) is 9.88 Å². The molecule has 0 aliphatic rings. The van der Waals surface area contributed by atoms with Gasteiger partial charge in [-0.3, -0.25) is 0 Å². The van der Waals surface area contributed by atoms with Crippen molar-refractivity contribution in [2.24, 2.45) is 0 Å². The lowest BCUT2D eigenvalue weighted by atomic mass is 10.2. The number of hydrogen-bond acceptors (Lipinski definition) is 5. The van der Waals surface area contributed by atoms with Gasteiger partial charge in [0.2, 0.25) is 0 Å². The lowest BCUT2D eigenvalue weighted by Crippen LogP contribution is -1.89. The number of hydrogen-bond donors (Lipinski definition) is 1. The number of carboxylic acid groups (broad SMARTS) is 1. The second kappa shape index (κ2) is 6.83. The molecule has 3 nitrogen and oxygen atoms in total. The first kappa shape index (κ1) is 16.8. The molecule has 2 aromatic heterocycles. The fraction of sp³-hybridized carbons (Fsp3) is 0.0667. The monoisotopic (exact) mass is 401 g/mol. The largest absolute Gasteiger partial charge is 0.477 e. The number of thiazole rings is 1. The van der Waals surface area contributed by atoms with Crippen molar-refractivity contribution in [1.29, 1.82) is 0 Å². The highest BCUT2D eigenvalue weighted by Crippen LogP contribution is 2.40. The zero-order chi connectivity index (χ0) is 16.6. The summed E-state index contributed by atoms with van der Waals surface area (Å²) < 4.78 is 0.942. The molecule has 0 saturated heterocycles. The van der Waals surface area contributed by atoms with E-state index in [4.69, 9.17) is 28.3 Å². The van der Waals surface area contributed by atoms with Crippen molar-refractivity contribution in [1.82, 2.24) is 4.98 Å². The molecule has 3 rings (SSSR count). The Morgan fingerprint density at radius 3 is 2.70 bits per heavy atom. The van der Waals surface area contributed by atoms with Crippen molar-refractivity contribution in [2.45, 2.75) is 4.21 Å². The van der Waals surface area contributed by atoms with Crippen LogP contribution in [0.5, 0.6) is 0 Å². The third kappa shape index (κ3) is 3.41. The van der Waals surface area contributed by atoms with Crippen molar-refractivity contribution in [3.63, 3.8) is 0 Å². The van der Waals surface area contributed by atoms with Crippen molar-refractivity contribution in [3.05, 3.63) is 44.6 Å². The van der Waals surface area contributed by atoms with E-state index < -0.39 is 5.97 Å². The second-order valence-electron chi connectivity index (χ2n) is 4.49. The van der Waals surface area contributed by atoms with Crippen molar-refractivity contribution < 1.29 is 9.90 Å². The van der Waals surface area contributed by atoms with Gasteiger partial charge >= 0.3 is 5.97 Å². The molecule has 0 aliphatic carbocycles. The van der Waals surface area contributed by atoms with E-state index >= 15 is 0 Å². The highest BCUT2D eigenvalue weighted by molar-refractivity contribution is 8.00. The lowest BCUT2D eigenvalue weighted by Gasteiger charge is -2.00. The van der Waals surface area contributed by atoms with Crippen LogP contribution in [0.25, 0.3) is 21.8 Å². The molecule has 2 heterocycles. The fourth-order valence-electron chi connectivity index (χ4n) is 1.97. The molecule has 118 valence electrons. The summed E-state index contributed by atoms with van der Waals surface area (Å²) in [5.41, 5.74) is 2.52. The predicted octanol–water partition coefficient (Wildman–Crippen LogP) is 6.27. The average Bonchev–Trinajstić information content (AvgIpc) is 3.15. The van der Waals surface area contributed by atoms with Crippen LogP contribution in [0.2, 0.25) is 10.0 Å². The minimum atomic E-state index is -0.919. The number of carbonyl (C=O) groups is 1. The minimum Gasteiger partial charge on any atom is -0.477 e. The lowest BCUT2D eigenvalue weighted by molar-refractivity contribution is 0.0702. The molecule has 0 unspecified atom stereocenters. The van der Waals surface area contributed by atoms with E-state index in [2.05, 4.69) is 4.98 Å². The summed E-state index contributed by atoms with van der Waals surface area (Å²) in [4.78, 5) is 16.1. The number of thioether (sulfide) groups is 1. The molecule has 0 amide bonds. The van der Waals surface area contributed by atoms with Crippen LogP contribution in [0.4, 0.5) is 0 Å². The number of aromatic carboxylic acids is 1. The van der Waals surface area contributed by atoms with Crippen LogP contribution in [-0.2, 0) is 0 Å². The van der Waals surface area contributed by atoms with Gasteiger partial charge in [-0.15, -0.1) is 34.4 Å². The van der Waals surface area contributed by atoms with Gasteiger partial charge in [0.25, 0.3) is 0 Å². The Balaban J connectivity index is 2.01. The van der Waals surface area contributed by atoms with Crippen LogP contribution in [0.1, 0.15) is 9.67 Å². The van der Waals surface area contributed by atoms with Gasteiger partial charge < -0.3 is 5.11 Å². The van der Waals surface area contributed by atoms with Crippen LogP contribution in [0.15, 0.2) is 33.9 Å². The van der Waals surface area contributed by atoms with Crippen LogP contribution in [0.3, 0.4) is 0 Å². The Hall–Kier alpha value is -1.05. The summed E-state index contributed by atoms with van der Waals surface area (Å²) in [7, 11) is 0. The third-order valence-corrected chi connectivity index (χ3v) is 6.92. The molecule has 1 aromatic carbocycles. The normalized spacial score (nSPS) is 10.9. The van der Waals surface area contributed by atoms with Gasteiger partial charge in [-0.05, 0) is 24.5 Å².